The van der Waals surface area contributed by atoms with Crippen molar-refractivity contribution >= 4 is 0 Å². The Morgan fingerprint density at radius 1 is 1.38 bits per heavy atom. The molecular weight excluding hydrogens is 260 g/mol. The van der Waals surface area contributed by atoms with E-state index in [0.717, 1.165) is 19.6 Å². The Balaban J connectivity index is 1.92. The van der Waals surface area contributed by atoms with Crippen molar-refractivity contribution in [3.63, 3.8) is 0 Å². The van der Waals surface area contributed by atoms with Crippen LogP contribution in [0.3, 0.4) is 0 Å². The topological polar surface area (TPSA) is 24.5 Å². The minimum Gasteiger partial charge on any atom is -0.380 e. The first-order valence-corrected chi connectivity index (χ1v) is 8.28. The first kappa shape index (κ1) is 16.5. The van der Waals surface area contributed by atoms with Gasteiger partial charge in [0.1, 0.15) is 0 Å². The average Bonchev–Trinajstić information content (AvgIpc) is 2.96. The zero-order valence-corrected chi connectivity index (χ0v) is 13.8. The van der Waals surface area contributed by atoms with Crippen LogP contribution in [0.15, 0.2) is 24.3 Å². The summed E-state index contributed by atoms with van der Waals surface area (Å²) >= 11 is 0. The summed E-state index contributed by atoms with van der Waals surface area (Å²) in [7, 11) is 1.83. The number of nitrogens with one attached hydrogen (secondary N) is 1. The van der Waals surface area contributed by atoms with Crippen molar-refractivity contribution in [2.24, 2.45) is 0 Å². The van der Waals surface area contributed by atoms with Gasteiger partial charge in [-0.1, -0.05) is 31.2 Å². The summed E-state index contributed by atoms with van der Waals surface area (Å²) in [5, 5.41) is 3.72. The van der Waals surface area contributed by atoms with Gasteiger partial charge in [0, 0.05) is 32.8 Å². The van der Waals surface area contributed by atoms with Gasteiger partial charge in [0.15, 0.2) is 0 Å². The molecule has 2 atom stereocenters. The summed E-state index contributed by atoms with van der Waals surface area (Å²) < 4.78 is 5.46. The van der Waals surface area contributed by atoms with E-state index in [0.29, 0.717) is 12.1 Å². The molecule has 1 aromatic rings. The van der Waals surface area contributed by atoms with Crippen LogP contribution in [0.1, 0.15) is 43.4 Å². The van der Waals surface area contributed by atoms with Crippen molar-refractivity contribution in [2.45, 2.75) is 45.3 Å². The van der Waals surface area contributed by atoms with Gasteiger partial charge in [-0.15, -0.1) is 0 Å². The first-order chi connectivity index (χ1) is 10.2. The molecule has 3 heteroatoms. The van der Waals surface area contributed by atoms with Crippen LogP contribution in [0.5, 0.6) is 0 Å². The molecule has 1 N–H and O–H groups in total. The highest BCUT2D eigenvalue weighted by Crippen LogP contribution is 2.22. The van der Waals surface area contributed by atoms with E-state index in [-0.39, 0.29) is 0 Å². The highest BCUT2D eigenvalue weighted by atomic mass is 16.5. The van der Waals surface area contributed by atoms with Gasteiger partial charge in [0.25, 0.3) is 0 Å². The van der Waals surface area contributed by atoms with Crippen molar-refractivity contribution in [1.29, 1.82) is 0 Å². The van der Waals surface area contributed by atoms with Crippen molar-refractivity contribution in [3.05, 3.63) is 35.4 Å². The quantitative estimate of drug-likeness (QED) is 0.796. The third-order valence-corrected chi connectivity index (χ3v) is 4.50. The van der Waals surface area contributed by atoms with Gasteiger partial charge in [-0.3, -0.25) is 0 Å². The molecule has 2 unspecified atom stereocenters. The van der Waals surface area contributed by atoms with Gasteiger partial charge in [-0.25, -0.2) is 0 Å². The Kier molecular flexibility index (Phi) is 6.68. The van der Waals surface area contributed by atoms with Crippen LogP contribution in [0.4, 0.5) is 0 Å². The zero-order chi connectivity index (χ0) is 15.1. The molecule has 1 saturated heterocycles. The maximum absolute atomic E-state index is 5.46. The third kappa shape index (κ3) is 4.80. The number of ether oxygens (including phenoxy) is 1. The highest BCUT2D eigenvalue weighted by Gasteiger charge is 2.23. The van der Waals surface area contributed by atoms with Gasteiger partial charge in [-0.2, -0.15) is 0 Å². The Bertz CT molecular complexity index is 421. The molecule has 0 saturated carbocycles. The normalized spacial score (nSPS) is 20.8. The van der Waals surface area contributed by atoms with Crippen LogP contribution in [-0.2, 0) is 4.74 Å². The molecule has 0 aromatic heterocycles. The molecule has 1 aliphatic heterocycles. The lowest BCUT2D eigenvalue weighted by molar-refractivity contribution is 0.107. The zero-order valence-electron chi connectivity index (χ0n) is 13.8. The van der Waals surface area contributed by atoms with Crippen molar-refractivity contribution in [1.82, 2.24) is 10.2 Å². The van der Waals surface area contributed by atoms with Gasteiger partial charge >= 0.3 is 0 Å². The molecule has 2 rings (SSSR count). The smallest absolute Gasteiger partial charge is 0.0710 e. The molecule has 0 amide bonds. The highest BCUT2D eigenvalue weighted by molar-refractivity contribution is 5.28. The first-order valence-electron chi connectivity index (χ1n) is 8.28. The lowest BCUT2D eigenvalue weighted by Gasteiger charge is -2.24. The summed E-state index contributed by atoms with van der Waals surface area (Å²) in [6, 6.07) is 9.23. The van der Waals surface area contributed by atoms with Crippen LogP contribution in [-0.4, -0.2) is 44.3 Å². The van der Waals surface area contributed by atoms with E-state index in [9.17, 15) is 0 Å². The number of likely N-dealkylation sites (tertiary alicyclic amines) is 1. The fraction of sp³-hybridized carbons (Fsp3) is 0.667. The predicted octanol–water partition coefficient (Wildman–Crippen LogP) is 3.15. The van der Waals surface area contributed by atoms with Crippen molar-refractivity contribution in [3.8, 4) is 0 Å². The van der Waals surface area contributed by atoms with Crippen molar-refractivity contribution in [2.75, 3.05) is 33.3 Å². The lowest BCUT2D eigenvalue weighted by Crippen LogP contribution is -2.30. The number of benzene rings is 1. The Morgan fingerprint density at radius 3 is 2.86 bits per heavy atom. The van der Waals surface area contributed by atoms with Crippen LogP contribution in [0, 0.1) is 6.92 Å². The molecule has 21 heavy (non-hydrogen) atoms. The van der Waals surface area contributed by atoms with Crippen LogP contribution >= 0.6 is 0 Å². The SMILES string of the molecule is CCCNC(CCN1CCC(OC)C1)c1ccccc1C. The number of hydrogen-bond acceptors (Lipinski definition) is 3. The molecule has 118 valence electrons. The summed E-state index contributed by atoms with van der Waals surface area (Å²) in [6.45, 7) is 8.94. The van der Waals surface area contributed by atoms with Crippen LogP contribution in [0.2, 0.25) is 0 Å². The Morgan fingerprint density at radius 2 is 2.19 bits per heavy atom. The molecule has 3 nitrogen and oxygen atoms in total. The van der Waals surface area contributed by atoms with Crippen LogP contribution in [0.25, 0.3) is 0 Å². The predicted molar refractivity (Wildman–Crippen MR) is 88.7 cm³/mol. The average molecular weight is 290 g/mol. The summed E-state index contributed by atoms with van der Waals surface area (Å²) in [5.74, 6) is 0. The third-order valence-electron chi connectivity index (χ3n) is 4.50. The standard InChI is InChI=1S/C18H30N2O/c1-4-11-19-18(17-8-6-5-7-15(17)2)10-13-20-12-9-16(14-20)21-3/h5-8,16,18-19H,4,9-14H2,1-3H3. The largest absolute Gasteiger partial charge is 0.380 e. The number of rotatable bonds is 8. The van der Waals surface area contributed by atoms with Gasteiger partial charge in [0.2, 0.25) is 0 Å². The van der Waals surface area contributed by atoms with E-state index >= 15 is 0 Å². The molecule has 0 aliphatic carbocycles. The number of methoxy groups -OCH3 is 1. The van der Waals surface area contributed by atoms with Gasteiger partial charge in [0.05, 0.1) is 6.10 Å². The van der Waals surface area contributed by atoms with Gasteiger partial charge in [-0.05, 0) is 43.9 Å². The number of nitrogens with zero attached hydrogens (tertiary/aromatic N) is 1. The van der Waals surface area contributed by atoms with Crippen molar-refractivity contribution < 1.29 is 4.74 Å². The lowest BCUT2D eigenvalue weighted by atomic mass is 9.98. The molecule has 1 heterocycles. The Labute approximate surface area is 129 Å². The monoisotopic (exact) mass is 290 g/mol. The Hall–Kier alpha value is -0.900. The fourth-order valence-electron chi connectivity index (χ4n) is 3.17. The van der Waals surface area contributed by atoms with E-state index < -0.39 is 0 Å². The second-order valence-corrected chi connectivity index (χ2v) is 6.10. The molecule has 1 aromatic carbocycles. The van der Waals surface area contributed by atoms with E-state index in [2.05, 4.69) is 48.3 Å². The molecule has 0 bridgehead atoms. The summed E-state index contributed by atoms with van der Waals surface area (Å²) in [4.78, 5) is 2.53. The second kappa shape index (κ2) is 8.52. The van der Waals surface area contributed by atoms with E-state index in [1.807, 2.05) is 7.11 Å². The maximum Gasteiger partial charge on any atom is 0.0710 e. The molecule has 0 radical (unpaired) electrons. The fourth-order valence-corrected chi connectivity index (χ4v) is 3.17. The maximum atomic E-state index is 5.46. The molecule has 1 fully saturated rings. The molecule has 1 aliphatic rings. The number of hydrogen-bond donors (Lipinski definition) is 1. The number of aryl methyl sites for hydroxylation is 1. The summed E-state index contributed by atoms with van der Waals surface area (Å²) in [5.41, 5.74) is 2.84. The second-order valence-electron chi connectivity index (χ2n) is 6.10. The summed E-state index contributed by atoms with van der Waals surface area (Å²) in [6.07, 6.45) is 3.96. The van der Waals surface area contributed by atoms with E-state index in [1.165, 1.54) is 36.9 Å². The van der Waals surface area contributed by atoms with E-state index in [1.54, 1.807) is 0 Å². The van der Waals surface area contributed by atoms with E-state index in [4.69, 9.17) is 4.74 Å². The molecular formula is C18H30N2O. The molecule has 0 spiro atoms. The van der Waals surface area contributed by atoms with Gasteiger partial charge < -0.3 is 15.0 Å². The minimum atomic E-state index is 0.436. The minimum absolute atomic E-state index is 0.436. The van der Waals surface area contributed by atoms with Crippen LogP contribution < -0.4 is 5.32 Å².